The first kappa shape index (κ1) is 14.3. The summed E-state index contributed by atoms with van der Waals surface area (Å²) in [5, 5.41) is 3.51. The Morgan fingerprint density at radius 3 is 2.11 bits per heavy atom. The first-order valence-electron chi connectivity index (χ1n) is 8.17. The van der Waals surface area contributed by atoms with Crippen molar-refractivity contribution in [2.24, 2.45) is 11.8 Å². The molecule has 1 heterocycles. The highest BCUT2D eigenvalue weighted by Gasteiger charge is 2.32. The van der Waals surface area contributed by atoms with Crippen molar-refractivity contribution >= 4 is 0 Å². The lowest BCUT2D eigenvalue weighted by Gasteiger charge is -2.44. The summed E-state index contributed by atoms with van der Waals surface area (Å²) in [4.78, 5) is 2.88. The minimum Gasteiger partial charge on any atom is -0.317 e. The first-order valence-corrected chi connectivity index (χ1v) is 8.17. The third-order valence-electron chi connectivity index (χ3n) is 4.88. The van der Waals surface area contributed by atoms with Crippen LogP contribution in [0.1, 0.15) is 59.3 Å². The fraction of sp³-hybridized carbons (Fsp3) is 1.00. The molecule has 2 rings (SSSR count). The summed E-state index contributed by atoms with van der Waals surface area (Å²) in [6.45, 7) is 11.0. The summed E-state index contributed by atoms with van der Waals surface area (Å²) in [5.74, 6) is 1.86. The number of hydrogen-bond acceptors (Lipinski definition) is 2. The molecule has 2 aliphatic rings. The fourth-order valence-corrected chi connectivity index (χ4v) is 4.24. The van der Waals surface area contributed by atoms with E-state index in [1.54, 1.807) is 0 Å². The number of rotatable bonds is 4. The van der Waals surface area contributed by atoms with Gasteiger partial charge in [-0.05, 0) is 70.0 Å². The standard InChI is InChI=1S/C16H32N2/c1-4-9-18(15-5-7-17-8-6-15)16-11-13(2)10-14(3)12-16/h13-17H,4-12H2,1-3H3. The molecular weight excluding hydrogens is 220 g/mol. The smallest absolute Gasteiger partial charge is 0.0122 e. The van der Waals surface area contributed by atoms with Gasteiger partial charge in [0.25, 0.3) is 0 Å². The molecule has 0 radical (unpaired) electrons. The third kappa shape index (κ3) is 3.71. The zero-order valence-electron chi connectivity index (χ0n) is 12.6. The lowest BCUT2D eigenvalue weighted by Crippen LogP contribution is -2.50. The van der Waals surface area contributed by atoms with Gasteiger partial charge in [0.05, 0.1) is 0 Å². The van der Waals surface area contributed by atoms with Gasteiger partial charge in [0.15, 0.2) is 0 Å². The van der Waals surface area contributed by atoms with E-state index in [0.29, 0.717) is 0 Å². The second kappa shape index (κ2) is 6.91. The molecule has 0 aromatic carbocycles. The Hall–Kier alpha value is -0.0800. The van der Waals surface area contributed by atoms with Crippen LogP contribution in [0.2, 0.25) is 0 Å². The maximum Gasteiger partial charge on any atom is 0.0122 e. The maximum atomic E-state index is 3.51. The second-order valence-corrected chi connectivity index (χ2v) is 6.79. The molecule has 1 aliphatic heterocycles. The summed E-state index contributed by atoms with van der Waals surface area (Å²) in [7, 11) is 0. The van der Waals surface area contributed by atoms with Crippen LogP contribution in [0.25, 0.3) is 0 Å². The van der Waals surface area contributed by atoms with Crippen LogP contribution in [-0.4, -0.2) is 36.6 Å². The van der Waals surface area contributed by atoms with Crippen LogP contribution < -0.4 is 5.32 Å². The summed E-state index contributed by atoms with van der Waals surface area (Å²) in [6.07, 6.45) is 8.35. The van der Waals surface area contributed by atoms with Crippen molar-refractivity contribution in [1.82, 2.24) is 10.2 Å². The lowest BCUT2D eigenvalue weighted by atomic mass is 9.79. The van der Waals surface area contributed by atoms with Crippen LogP contribution in [-0.2, 0) is 0 Å². The van der Waals surface area contributed by atoms with E-state index >= 15 is 0 Å². The average molecular weight is 252 g/mol. The number of nitrogens with one attached hydrogen (secondary N) is 1. The largest absolute Gasteiger partial charge is 0.317 e. The zero-order chi connectivity index (χ0) is 13.0. The van der Waals surface area contributed by atoms with Gasteiger partial charge in [0, 0.05) is 12.1 Å². The van der Waals surface area contributed by atoms with Gasteiger partial charge >= 0.3 is 0 Å². The fourth-order valence-electron chi connectivity index (χ4n) is 4.24. The molecule has 0 aromatic heterocycles. The molecule has 106 valence electrons. The molecule has 2 fully saturated rings. The third-order valence-corrected chi connectivity index (χ3v) is 4.88. The molecule has 2 heteroatoms. The normalized spacial score (nSPS) is 35.0. The molecule has 18 heavy (non-hydrogen) atoms. The highest BCUT2D eigenvalue weighted by Crippen LogP contribution is 2.33. The Kier molecular flexibility index (Phi) is 5.50. The van der Waals surface area contributed by atoms with Crippen molar-refractivity contribution in [3.63, 3.8) is 0 Å². The molecular formula is C16H32N2. The molecule has 1 saturated heterocycles. The summed E-state index contributed by atoms with van der Waals surface area (Å²) in [6, 6.07) is 1.72. The number of nitrogens with zero attached hydrogens (tertiary/aromatic N) is 1. The monoisotopic (exact) mass is 252 g/mol. The van der Waals surface area contributed by atoms with Crippen molar-refractivity contribution in [3.05, 3.63) is 0 Å². The first-order chi connectivity index (χ1) is 8.70. The molecule has 1 N–H and O–H groups in total. The number of piperidine rings is 1. The van der Waals surface area contributed by atoms with Gasteiger partial charge in [-0.25, -0.2) is 0 Å². The van der Waals surface area contributed by atoms with E-state index in [0.717, 1.165) is 23.9 Å². The number of hydrogen-bond donors (Lipinski definition) is 1. The van der Waals surface area contributed by atoms with Crippen molar-refractivity contribution in [2.75, 3.05) is 19.6 Å². The molecule has 2 atom stereocenters. The van der Waals surface area contributed by atoms with Gasteiger partial charge in [-0.2, -0.15) is 0 Å². The van der Waals surface area contributed by atoms with E-state index in [2.05, 4.69) is 31.0 Å². The minimum atomic E-state index is 0.855. The Labute approximate surface area is 114 Å². The molecule has 0 amide bonds. The van der Waals surface area contributed by atoms with Gasteiger partial charge in [0.2, 0.25) is 0 Å². The SMILES string of the molecule is CCCN(C1CCNCC1)C1CC(C)CC(C)C1. The minimum absolute atomic E-state index is 0.855. The predicted octanol–water partition coefficient (Wildman–Crippen LogP) is 3.28. The summed E-state index contributed by atoms with van der Waals surface area (Å²) in [5.41, 5.74) is 0. The van der Waals surface area contributed by atoms with E-state index in [9.17, 15) is 0 Å². The Bertz CT molecular complexity index is 225. The zero-order valence-corrected chi connectivity index (χ0v) is 12.6. The van der Waals surface area contributed by atoms with Gasteiger partial charge in [-0.1, -0.05) is 20.8 Å². The van der Waals surface area contributed by atoms with E-state index in [1.807, 2.05) is 0 Å². The van der Waals surface area contributed by atoms with Crippen LogP contribution in [0.4, 0.5) is 0 Å². The van der Waals surface area contributed by atoms with Crippen LogP contribution in [0, 0.1) is 11.8 Å². The van der Waals surface area contributed by atoms with Gasteiger partial charge in [-0.15, -0.1) is 0 Å². The average Bonchev–Trinajstić information content (AvgIpc) is 2.36. The van der Waals surface area contributed by atoms with Crippen molar-refractivity contribution in [1.29, 1.82) is 0 Å². The van der Waals surface area contributed by atoms with Gasteiger partial charge in [0.1, 0.15) is 0 Å². The Morgan fingerprint density at radius 2 is 1.56 bits per heavy atom. The molecule has 2 nitrogen and oxygen atoms in total. The van der Waals surface area contributed by atoms with E-state index < -0.39 is 0 Å². The summed E-state index contributed by atoms with van der Waals surface area (Å²) >= 11 is 0. The highest BCUT2D eigenvalue weighted by atomic mass is 15.2. The van der Waals surface area contributed by atoms with Gasteiger partial charge < -0.3 is 5.32 Å². The Balaban J connectivity index is 1.98. The van der Waals surface area contributed by atoms with Crippen LogP contribution in [0.3, 0.4) is 0 Å². The second-order valence-electron chi connectivity index (χ2n) is 6.79. The van der Waals surface area contributed by atoms with Crippen molar-refractivity contribution < 1.29 is 0 Å². The molecule has 1 aliphatic carbocycles. The van der Waals surface area contributed by atoms with E-state index in [1.165, 1.54) is 58.2 Å². The molecule has 1 saturated carbocycles. The molecule has 2 unspecified atom stereocenters. The molecule has 0 bridgehead atoms. The lowest BCUT2D eigenvalue weighted by molar-refractivity contribution is 0.0568. The van der Waals surface area contributed by atoms with E-state index in [4.69, 9.17) is 0 Å². The van der Waals surface area contributed by atoms with Gasteiger partial charge in [-0.3, -0.25) is 4.90 Å². The van der Waals surface area contributed by atoms with Crippen LogP contribution in [0.5, 0.6) is 0 Å². The Morgan fingerprint density at radius 1 is 0.944 bits per heavy atom. The van der Waals surface area contributed by atoms with Crippen LogP contribution in [0.15, 0.2) is 0 Å². The molecule has 0 spiro atoms. The maximum absolute atomic E-state index is 3.51. The summed E-state index contributed by atoms with van der Waals surface area (Å²) < 4.78 is 0. The van der Waals surface area contributed by atoms with Crippen LogP contribution >= 0.6 is 0 Å². The molecule has 0 aromatic rings. The van der Waals surface area contributed by atoms with Crippen molar-refractivity contribution in [2.45, 2.75) is 71.4 Å². The highest BCUT2D eigenvalue weighted by molar-refractivity contribution is 4.87. The predicted molar refractivity (Wildman–Crippen MR) is 78.9 cm³/mol. The van der Waals surface area contributed by atoms with Crippen molar-refractivity contribution in [3.8, 4) is 0 Å². The topological polar surface area (TPSA) is 15.3 Å². The van der Waals surface area contributed by atoms with E-state index in [-0.39, 0.29) is 0 Å². The quantitative estimate of drug-likeness (QED) is 0.826.